The third-order valence-corrected chi connectivity index (χ3v) is 13.5. The van der Waals surface area contributed by atoms with Crippen molar-refractivity contribution in [2.75, 3.05) is 4.90 Å². The van der Waals surface area contributed by atoms with Crippen LogP contribution in [0, 0.1) is 17.8 Å². The lowest BCUT2D eigenvalue weighted by atomic mass is 9.81. The fourth-order valence-corrected chi connectivity index (χ4v) is 10.7. The van der Waals surface area contributed by atoms with Crippen LogP contribution in [0.15, 0.2) is 182 Å². The number of para-hydroxylation sites is 1. The van der Waals surface area contributed by atoms with E-state index < -0.39 is 0 Å². The van der Waals surface area contributed by atoms with Crippen LogP contribution in [-0.4, -0.2) is 16.7 Å². The third-order valence-electron chi connectivity index (χ3n) is 13.5. The van der Waals surface area contributed by atoms with Crippen molar-refractivity contribution in [1.29, 1.82) is 0 Å². The Hall–Kier alpha value is -5.60. The highest BCUT2D eigenvalue weighted by atomic mass is 15.2. The second kappa shape index (κ2) is 13.6. The number of fused-ring (bicyclic) bond motifs is 6. The van der Waals surface area contributed by atoms with Crippen LogP contribution in [0.4, 0.5) is 5.69 Å². The van der Waals surface area contributed by atoms with Crippen LogP contribution in [0.1, 0.15) is 67.1 Å². The lowest BCUT2D eigenvalue weighted by Crippen LogP contribution is -2.37. The maximum absolute atomic E-state index is 2.77. The molecule has 2 heteroatoms. The van der Waals surface area contributed by atoms with Gasteiger partial charge in [0.1, 0.15) is 0 Å². The van der Waals surface area contributed by atoms with Gasteiger partial charge < -0.3 is 9.47 Å². The van der Waals surface area contributed by atoms with E-state index in [1.165, 1.54) is 68.3 Å². The molecule has 2 heterocycles. The minimum Gasteiger partial charge on any atom is -0.357 e. The summed E-state index contributed by atoms with van der Waals surface area (Å²) in [4.78, 5) is 2.77. The van der Waals surface area contributed by atoms with Crippen LogP contribution in [-0.2, 0) is 0 Å². The summed E-state index contributed by atoms with van der Waals surface area (Å²) in [6, 6.07) is 24.4. The van der Waals surface area contributed by atoms with Gasteiger partial charge >= 0.3 is 0 Å². The Morgan fingerprint density at radius 2 is 1.35 bits per heavy atom. The van der Waals surface area contributed by atoms with Gasteiger partial charge in [0, 0.05) is 51.7 Å². The molecule has 55 heavy (non-hydrogen) atoms. The summed E-state index contributed by atoms with van der Waals surface area (Å²) in [5.41, 5.74) is 12.4. The van der Waals surface area contributed by atoms with Gasteiger partial charge in [-0.05, 0) is 91.1 Å². The number of aromatic nitrogens is 1. The highest BCUT2D eigenvalue weighted by Gasteiger charge is 2.46. The predicted molar refractivity (Wildman–Crippen MR) is 233 cm³/mol. The highest BCUT2D eigenvalue weighted by Crippen LogP contribution is 2.48. The van der Waals surface area contributed by atoms with E-state index in [1.54, 1.807) is 5.57 Å². The standard InChI is InChI=1S/C53H48N2/c1-3-13-36(14-4-1)39-23-27-44(28-24-39)54-50-21-11-9-19-46(50)48-29-25-40(34-52(48)54)41-26-30-49-47-20-10-12-22-51(47)55(53(49)35-41)45-32-42(37-15-5-2-6-16-37)31-43(33-45)38-17-7-8-18-38/h1-7,9-13,15,17,19-23,25-27,29-38,47,49,51,53H,8,14,16,18,24,28H2. The van der Waals surface area contributed by atoms with Gasteiger partial charge in [0.25, 0.3) is 0 Å². The van der Waals surface area contributed by atoms with Crippen LogP contribution in [0.25, 0.3) is 33.1 Å². The second-order valence-electron chi connectivity index (χ2n) is 16.6. The molecule has 3 aromatic carbocycles. The average molecular weight is 713 g/mol. The van der Waals surface area contributed by atoms with Crippen LogP contribution >= 0.6 is 0 Å². The van der Waals surface area contributed by atoms with Crippen LogP contribution in [0.5, 0.6) is 0 Å². The second-order valence-corrected chi connectivity index (χ2v) is 16.6. The molecular weight excluding hydrogens is 665 g/mol. The van der Waals surface area contributed by atoms with Crippen molar-refractivity contribution < 1.29 is 0 Å². The van der Waals surface area contributed by atoms with Crippen LogP contribution in [0.2, 0.25) is 0 Å². The van der Waals surface area contributed by atoms with Gasteiger partial charge in [-0.3, -0.25) is 0 Å². The van der Waals surface area contributed by atoms with Gasteiger partial charge in [-0.15, -0.1) is 0 Å². The SMILES string of the molecule is C1=CCC(C2=CC=C(n3c4ccccc4c4ccc(C5=CC6C(C=C5)C5C=CC=CC5N6c5cc(C6C=CC=CC6)cc(C6C=CCC6)c5)cc43)CC2)C=C1. The Bertz CT molecular complexity index is 2550. The molecule has 11 rings (SSSR count). The maximum atomic E-state index is 2.77. The van der Waals surface area contributed by atoms with Gasteiger partial charge in [-0.1, -0.05) is 151 Å². The molecule has 6 aliphatic carbocycles. The number of hydrogen-bond acceptors (Lipinski definition) is 1. The van der Waals surface area contributed by atoms with Crippen molar-refractivity contribution in [3.05, 3.63) is 198 Å². The van der Waals surface area contributed by atoms with E-state index in [2.05, 4.69) is 186 Å². The summed E-state index contributed by atoms with van der Waals surface area (Å²) in [7, 11) is 0. The first-order valence-electron chi connectivity index (χ1n) is 20.7. The fraction of sp³-hybridized carbons (Fsp3) is 0.245. The Labute approximate surface area is 325 Å². The molecule has 0 amide bonds. The fourth-order valence-electron chi connectivity index (χ4n) is 10.7. The molecule has 1 aliphatic heterocycles. The molecular formula is C53H48N2. The third kappa shape index (κ3) is 5.68. The van der Waals surface area contributed by atoms with Crippen molar-refractivity contribution >= 4 is 38.8 Å². The Kier molecular flexibility index (Phi) is 8.11. The largest absolute Gasteiger partial charge is 0.357 e. The summed E-state index contributed by atoms with van der Waals surface area (Å²) < 4.78 is 2.55. The molecule has 1 saturated heterocycles. The number of nitrogens with zero attached hydrogens (tertiary/aromatic N) is 2. The molecule has 270 valence electrons. The monoisotopic (exact) mass is 712 g/mol. The van der Waals surface area contributed by atoms with Gasteiger partial charge in [-0.25, -0.2) is 0 Å². The number of hydrogen-bond donors (Lipinski definition) is 0. The van der Waals surface area contributed by atoms with E-state index in [1.807, 2.05) is 0 Å². The molecule has 0 radical (unpaired) electrons. The highest BCUT2D eigenvalue weighted by molar-refractivity contribution is 6.11. The topological polar surface area (TPSA) is 8.17 Å². The lowest BCUT2D eigenvalue weighted by molar-refractivity contribution is 0.528. The summed E-state index contributed by atoms with van der Waals surface area (Å²) in [6.45, 7) is 0. The summed E-state index contributed by atoms with van der Waals surface area (Å²) in [5, 5.41) is 2.66. The minimum absolute atomic E-state index is 0.265. The zero-order valence-electron chi connectivity index (χ0n) is 31.4. The molecule has 7 aliphatic rings. The van der Waals surface area contributed by atoms with Gasteiger partial charge in [0.05, 0.1) is 23.1 Å². The molecule has 2 nitrogen and oxygen atoms in total. The molecule has 0 bridgehead atoms. The number of rotatable bonds is 6. The number of benzene rings is 3. The lowest BCUT2D eigenvalue weighted by Gasteiger charge is -2.34. The molecule has 7 unspecified atom stereocenters. The number of anilines is 1. The minimum atomic E-state index is 0.265. The van der Waals surface area contributed by atoms with E-state index in [-0.39, 0.29) is 6.04 Å². The molecule has 1 aromatic heterocycles. The van der Waals surface area contributed by atoms with Gasteiger partial charge in [-0.2, -0.15) is 0 Å². The van der Waals surface area contributed by atoms with Crippen LogP contribution in [0.3, 0.4) is 0 Å². The Morgan fingerprint density at radius 3 is 2.15 bits per heavy atom. The summed E-state index contributed by atoms with van der Waals surface area (Å²) >= 11 is 0. The maximum Gasteiger partial charge on any atom is 0.0557 e. The van der Waals surface area contributed by atoms with Crippen molar-refractivity contribution in [2.45, 2.75) is 62.4 Å². The van der Waals surface area contributed by atoms with E-state index in [9.17, 15) is 0 Å². The normalized spacial score (nSPS) is 28.9. The Balaban J connectivity index is 1.01. The first-order chi connectivity index (χ1) is 27.3. The van der Waals surface area contributed by atoms with E-state index in [0.717, 1.165) is 25.7 Å². The average Bonchev–Trinajstić information content (AvgIpc) is 4.00. The van der Waals surface area contributed by atoms with Gasteiger partial charge in [0.2, 0.25) is 0 Å². The Morgan fingerprint density at radius 1 is 0.564 bits per heavy atom. The molecule has 7 atom stereocenters. The molecule has 1 fully saturated rings. The van der Waals surface area contributed by atoms with Gasteiger partial charge in [0.15, 0.2) is 0 Å². The summed E-state index contributed by atoms with van der Waals surface area (Å²) in [6.07, 6.45) is 51.6. The van der Waals surface area contributed by atoms with E-state index >= 15 is 0 Å². The smallest absolute Gasteiger partial charge is 0.0557 e. The molecule has 0 N–H and O–H groups in total. The van der Waals surface area contributed by atoms with Crippen molar-refractivity contribution in [3.8, 4) is 0 Å². The quantitative estimate of drug-likeness (QED) is 0.181. The van der Waals surface area contributed by atoms with Crippen molar-refractivity contribution in [1.82, 2.24) is 4.57 Å². The van der Waals surface area contributed by atoms with E-state index in [4.69, 9.17) is 0 Å². The predicted octanol–water partition coefficient (Wildman–Crippen LogP) is 13.1. The number of allylic oxidation sites excluding steroid dienone is 18. The molecule has 4 aromatic rings. The first kappa shape index (κ1) is 32.8. The zero-order valence-corrected chi connectivity index (χ0v) is 31.4. The summed E-state index contributed by atoms with van der Waals surface area (Å²) in [5.74, 6) is 2.31. The first-order valence-corrected chi connectivity index (χ1v) is 20.7. The van der Waals surface area contributed by atoms with Crippen molar-refractivity contribution in [2.24, 2.45) is 17.8 Å². The van der Waals surface area contributed by atoms with E-state index in [0.29, 0.717) is 35.6 Å². The molecule has 0 saturated carbocycles. The molecule has 0 spiro atoms. The van der Waals surface area contributed by atoms with Crippen molar-refractivity contribution in [3.63, 3.8) is 0 Å². The zero-order chi connectivity index (χ0) is 36.3. The van der Waals surface area contributed by atoms with Crippen LogP contribution < -0.4 is 4.90 Å².